The average molecular weight is 343 g/mol. The molecule has 1 amide bonds. The number of hydrogen-bond acceptors (Lipinski definition) is 2. The van der Waals surface area contributed by atoms with Crippen LogP contribution in [0.4, 0.5) is 0 Å². The summed E-state index contributed by atoms with van der Waals surface area (Å²) in [6.45, 7) is 0.844. The van der Waals surface area contributed by atoms with Crippen LogP contribution in [-0.4, -0.2) is 23.4 Å². The number of amides is 1. The van der Waals surface area contributed by atoms with Gasteiger partial charge in [0.25, 0.3) is 0 Å². The van der Waals surface area contributed by atoms with Crippen LogP contribution in [0.3, 0.4) is 0 Å². The highest BCUT2D eigenvalue weighted by molar-refractivity contribution is 6.31. The van der Waals surface area contributed by atoms with Crippen molar-refractivity contribution in [3.63, 3.8) is 0 Å². The lowest BCUT2D eigenvalue weighted by atomic mass is 9.98. The first-order chi connectivity index (χ1) is 10.2. The summed E-state index contributed by atoms with van der Waals surface area (Å²) in [5, 5.41) is 0.764. The fourth-order valence-corrected chi connectivity index (χ4v) is 4.06. The summed E-state index contributed by atoms with van der Waals surface area (Å²) in [6, 6.07) is 8.23. The number of halogens is 2. The summed E-state index contributed by atoms with van der Waals surface area (Å²) in [7, 11) is 0. The molecule has 3 rings (SSSR count). The van der Waals surface area contributed by atoms with Crippen LogP contribution in [0, 0.1) is 5.92 Å². The summed E-state index contributed by atoms with van der Waals surface area (Å²) in [4.78, 5) is 14.7. The van der Waals surface area contributed by atoms with Gasteiger partial charge in [-0.2, -0.15) is 0 Å². The van der Waals surface area contributed by atoms with Crippen molar-refractivity contribution < 1.29 is 4.79 Å². The van der Waals surface area contributed by atoms with E-state index < -0.39 is 0 Å². The van der Waals surface area contributed by atoms with Crippen molar-refractivity contribution in [1.82, 2.24) is 4.90 Å². The Labute approximate surface area is 143 Å². The Bertz CT molecular complexity index is 523. The van der Waals surface area contributed by atoms with Crippen LogP contribution in [0.25, 0.3) is 0 Å². The predicted molar refractivity (Wildman–Crippen MR) is 92.3 cm³/mol. The SMILES string of the molecule is Cl.N[C@@H]1CCC[C@H]1CC(=O)N1CCCC1c1ccccc1Cl. The van der Waals surface area contributed by atoms with Gasteiger partial charge in [0, 0.05) is 24.0 Å². The molecule has 2 aliphatic rings. The van der Waals surface area contributed by atoms with Gasteiger partial charge in [-0.15, -0.1) is 12.4 Å². The molecule has 3 nitrogen and oxygen atoms in total. The van der Waals surface area contributed by atoms with E-state index in [1.807, 2.05) is 29.2 Å². The minimum atomic E-state index is 0. The minimum absolute atomic E-state index is 0. The van der Waals surface area contributed by atoms with Gasteiger partial charge in [0.2, 0.25) is 5.91 Å². The van der Waals surface area contributed by atoms with Crippen molar-refractivity contribution in [2.24, 2.45) is 11.7 Å². The monoisotopic (exact) mass is 342 g/mol. The fraction of sp³-hybridized carbons (Fsp3) is 0.588. The molecule has 5 heteroatoms. The molecule has 1 aliphatic heterocycles. The van der Waals surface area contributed by atoms with Gasteiger partial charge >= 0.3 is 0 Å². The van der Waals surface area contributed by atoms with Gasteiger partial charge in [-0.25, -0.2) is 0 Å². The maximum atomic E-state index is 12.7. The van der Waals surface area contributed by atoms with Gasteiger partial charge in [-0.05, 0) is 43.2 Å². The second kappa shape index (κ2) is 7.67. The summed E-state index contributed by atoms with van der Waals surface area (Å²) in [5.41, 5.74) is 7.19. The van der Waals surface area contributed by atoms with Gasteiger partial charge in [0.05, 0.1) is 6.04 Å². The molecule has 1 unspecified atom stereocenters. The lowest BCUT2D eigenvalue weighted by molar-refractivity contribution is -0.133. The van der Waals surface area contributed by atoms with Crippen LogP contribution in [-0.2, 0) is 4.79 Å². The Balaban J connectivity index is 0.00000176. The van der Waals surface area contributed by atoms with Gasteiger partial charge in [0.1, 0.15) is 0 Å². The third-order valence-corrected chi connectivity index (χ3v) is 5.34. The molecule has 1 aliphatic carbocycles. The third-order valence-electron chi connectivity index (χ3n) is 4.99. The molecular formula is C17H24Cl2N2O. The Morgan fingerprint density at radius 2 is 2.00 bits per heavy atom. The van der Waals surface area contributed by atoms with Crippen LogP contribution in [0.2, 0.25) is 5.02 Å². The highest BCUT2D eigenvalue weighted by atomic mass is 35.5. The lowest BCUT2D eigenvalue weighted by Crippen LogP contribution is -2.35. The van der Waals surface area contributed by atoms with Crippen molar-refractivity contribution >= 4 is 29.9 Å². The molecule has 1 saturated heterocycles. The second-order valence-corrected chi connectivity index (χ2v) is 6.73. The van der Waals surface area contributed by atoms with E-state index in [1.54, 1.807) is 0 Å². The van der Waals surface area contributed by atoms with E-state index >= 15 is 0 Å². The van der Waals surface area contributed by atoms with Crippen LogP contribution in [0.1, 0.15) is 50.1 Å². The number of carbonyl (C=O) groups is 1. The van der Waals surface area contributed by atoms with Gasteiger partial charge in [-0.1, -0.05) is 36.2 Å². The van der Waals surface area contributed by atoms with E-state index in [0.29, 0.717) is 12.3 Å². The molecule has 2 N–H and O–H groups in total. The number of likely N-dealkylation sites (tertiary alicyclic amines) is 1. The molecule has 1 aromatic rings. The normalized spacial score (nSPS) is 27.7. The zero-order chi connectivity index (χ0) is 14.8. The van der Waals surface area contributed by atoms with Crippen LogP contribution in [0.5, 0.6) is 0 Å². The van der Waals surface area contributed by atoms with Crippen molar-refractivity contribution in [3.8, 4) is 0 Å². The molecule has 122 valence electrons. The number of nitrogens with two attached hydrogens (primary N) is 1. The zero-order valence-electron chi connectivity index (χ0n) is 12.7. The fourth-order valence-electron chi connectivity index (χ4n) is 3.79. The molecule has 0 radical (unpaired) electrons. The molecular weight excluding hydrogens is 319 g/mol. The van der Waals surface area contributed by atoms with Crippen molar-refractivity contribution in [2.45, 2.75) is 50.6 Å². The van der Waals surface area contributed by atoms with Gasteiger partial charge < -0.3 is 10.6 Å². The smallest absolute Gasteiger partial charge is 0.223 e. The first-order valence-electron chi connectivity index (χ1n) is 7.96. The zero-order valence-corrected chi connectivity index (χ0v) is 14.3. The van der Waals surface area contributed by atoms with E-state index in [1.165, 1.54) is 0 Å². The highest BCUT2D eigenvalue weighted by Gasteiger charge is 2.34. The van der Waals surface area contributed by atoms with Crippen LogP contribution >= 0.6 is 24.0 Å². The van der Waals surface area contributed by atoms with Crippen molar-refractivity contribution in [1.29, 1.82) is 0 Å². The first kappa shape index (κ1) is 17.6. The minimum Gasteiger partial charge on any atom is -0.336 e. The molecule has 2 fully saturated rings. The predicted octanol–water partition coefficient (Wildman–Crippen LogP) is 3.94. The standard InChI is InChI=1S/C17H23ClN2O.ClH/c18-14-7-2-1-6-13(14)16-9-4-10-20(16)17(21)11-12-5-3-8-15(12)19;/h1-2,6-7,12,15-16H,3-5,8-11,19H2;1H/t12-,15+,16?;/m0./s1. The molecule has 0 aromatic heterocycles. The maximum Gasteiger partial charge on any atom is 0.223 e. The Morgan fingerprint density at radius 1 is 1.23 bits per heavy atom. The van der Waals surface area contributed by atoms with Gasteiger partial charge in [-0.3, -0.25) is 4.79 Å². The summed E-state index contributed by atoms with van der Waals surface area (Å²) < 4.78 is 0. The largest absolute Gasteiger partial charge is 0.336 e. The van der Waals surface area contributed by atoms with Crippen LogP contribution < -0.4 is 5.73 Å². The quantitative estimate of drug-likeness (QED) is 0.903. The number of carbonyl (C=O) groups excluding carboxylic acids is 1. The summed E-state index contributed by atoms with van der Waals surface area (Å²) >= 11 is 6.31. The van der Waals surface area contributed by atoms with E-state index in [2.05, 4.69) is 0 Å². The van der Waals surface area contributed by atoms with Crippen LogP contribution in [0.15, 0.2) is 24.3 Å². The summed E-state index contributed by atoms with van der Waals surface area (Å²) in [5.74, 6) is 0.616. The van der Waals surface area contributed by atoms with E-state index in [-0.39, 0.29) is 30.4 Å². The van der Waals surface area contributed by atoms with E-state index in [0.717, 1.165) is 49.2 Å². The Morgan fingerprint density at radius 3 is 2.68 bits per heavy atom. The topological polar surface area (TPSA) is 46.3 Å². The second-order valence-electron chi connectivity index (χ2n) is 6.33. The molecule has 1 saturated carbocycles. The molecule has 1 heterocycles. The highest BCUT2D eigenvalue weighted by Crippen LogP contribution is 2.37. The molecule has 3 atom stereocenters. The van der Waals surface area contributed by atoms with Gasteiger partial charge in [0.15, 0.2) is 0 Å². The molecule has 1 aromatic carbocycles. The molecule has 22 heavy (non-hydrogen) atoms. The Kier molecular flexibility index (Phi) is 6.13. The van der Waals surface area contributed by atoms with E-state index in [9.17, 15) is 4.79 Å². The van der Waals surface area contributed by atoms with E-state index in [4.69, 9.17) is 17.3 Å². The maximum absolute atomic E-state index is 12.7. The molecule has 0 spiro atoms. The number of nitrogens with zero attached hydrogens (tertiary/aromatic N) is 1. The average Bonchev–Trinajstić information content (AvgIpc) is 3.09. The number of rotatable bonds is 3. The lowest BCUT2D eigenvalue weighted by Gasteiger charge is -2.27. The third kappa shape index (κ3) is 3.58. The van der Waals surface area contributed by atoms with Crippen molar-refractivity contribution in [3.05, 3.63) is 34.9 Å². The summed E-state index contributed by atoms with van der Waals surface area (Å²) in [6.07, 6.45) is 5.98. The van der Waals surface area contributed by atoms with Crippen molar-refractivity contribution in [2.75, 3.05) is 6.54 Å². The number of hydrogen-bond donors (Lipinski definition) is 1. The Hall–Kier alpha value is -0.770. The number of benzene rings is 1. The first-order valence-corrected chi connectivity index (χ1v) is 8.34. The molecule has 0 bridgehead atoms.